The van der Waals surface area contributed by atoms with Crippen LogP contribution in [-0.2, 0) is 11.2 Å². The minimum Gasteiger partial charge on any atom is -0.508 e. The quantitative estimate of drug-likeness (QED) is 0.876. The predicted molar refractivity (Wildman–Crippen MR) is 92.5 cm³/mol. The molecular formula is C20H22FNO3. The lowest BCUT2D eigenvalue weighted by molar-refractivity contribution is -0.131. The Morgan fingerprint density at radius 2 is 2.00 bits per heavy atom. The van der Waals surface area contributed by atoms with E-state index in [0.29, 0.717) is 18.5 Å². The molecule has 1 fully saturated rings. The third-order valence-electron chi connectivity index (χ3n) is 4.71. The number of carbonyl (C=O) groups excluding carboxylic acids is 1. The van der Waals surface area contributed by atoms with Crippen molar-refractivity contribution in [2.45, 2.75) is 37.8 Å². The first-order valence-electron chi connectivity index (χ1n) is 8.54. The van der Waals surface area contributed by atoms with Crippen molar-refractivity contribution in [3.05, 3.63) is 65.5 Å². The van der Waals surface area contributed by atoms with Crippen molar-refractivity contribution in [2.24, 2.45) is 0 Å². The molecule has 132 valence electrons. The van der Waals surface area contributed by atoms with Crippen LogP contribution >= 0.6 is 0 Å². The van der Waals surface area contributed by atoms with Gasteiger partial charge in [-0.2, -0.15) is 0 Å². The van der Waals surface area contributed by atoms with E-state index < -0.39 is 6.10 Å². The number of nitrogens with zero attached hydrogens (tertiary/aromatic N) is 1. The zero-order valence-electron chi connectivity index (χ0n) is 13.9. The maximum Gasteiger partial charge on any atom is 0.227 e. The van der Waals surface area contributed by atoms with Gasteiger partial charge in [-0.3, -0.25) is 4.79 Å². The number of aliphatic hydroxyl groups is 1. The van der Waals surface area contributed by atoms with Crippen molar-refractivity contribution in [1.29, 1.82) is 0 Å². The van der Waals surface area contributed by atoms with Crippen LogP contribution in [0.15, 0.2) is 48.5 Å². The zero-order chi connectivity index (χ0) is 17.8. The molecule has 2 atom stereocenters. The maximum absolute atomic E-state index is 13.0. The monoisotopic (exact) mass is 343 g/mol. The summed E-state index contributed by atoms with van der Waals surface area (Å²) >= 11 is 0. The van der Waals surface area contributed by atoms with Crippen molar-refractivity contribution in [3.63, 3.8) is 0 Å². The average molecular weight is 343 g/mol. The first kappa shape index (κ1) is 17.4. The Kier molecular flexibility index (Phi) is 5.34. The summed E-state index contributed by atoms with van der Waals surface area (Å²) in [6.07, 6.45) is 1.71. The second kappa shape index (κ2) is 7.66. The van der Waals surface area contributed by atoms with Crippen LogP contribution in [0.1, 0.15) is 36.5 Å². The van der Waals surface area contributed by atoms with E-state index in [9.17, 15) is 19.4 Å². The summed E-state index contributed by atoms with van der Waals surface area (Å²) in [5.74, 6) is -0.186. The Bertz CT molecular complexity index is 732. The van der Waals surface area contributed by atoms with Crippen LogP contribution < -0.4 is 0 Å². The molecule has 4 nitrogen and oxygen atoms in total. The third-order valence-corrected chi connectivity index (χ3v) is 4.71. The van der Waals surface area contributed by atoms with Crippen LogP contribution in [0.4, 0.5) is 4.39 Å². The number of amides is 1. The van der Waals surface area contributed by atoms with E-state index in [1.54, 1.807) is 30.3 Å². The van der Waals surface area contributed by atoms with Gasteiger partial charge in [-0.15, -0.1) is 0 Å². The number of phenolic OH excluding ortho intramolecular Hbond substituents is 1. The Balaban J connectivity index is 1.63. The van der Waals surface area contributed by atoms with Gasteiger partial charge in [-0.1, -0.05) is 24.3 Å². The van der Waals surface area contributed by atoms with E-state index in [2.05, 4.69) is 0 Å². The number of likely N-dealkylation sites (tertiary alicyclic amines) is 1. The summed E-state index contributed by atoms with van der Waals surface area (Å²) in [6.45, 7) is 0.679. The average Bonchev–Trinajstić information content (AvgIpc) is 3.03. The van der Waals surface area contributed by atoms with Crippen molar-refractivity contribution in [3.8, 4) is 5.75 Å². The lowest BCUT2D eigenvalue weighted by atomic mass is 10.00. The fourth-order valence-corrected chi connectivity index (χ4v) is 3.43. The van der Waals surface area contributed by atoms with Gasteiger partial charge in [-0.05, 0) is 54.7 Å². The van der Waals surface area contributed by atoms with Gasteiger partial charge in [0.2, 0.25) is 5.91 Å². The molecule has 0 bridgehead atoms. The standard InChI is InChI=1S/C20H22FNO3/c21-16-8-6-15(7-9-16)19(24)13-17-4-2-10-22(17)20(25)12-14-3-1-5-18(23)11-14/h1,3,5-9,11,17,19,23-24H,2,4,10,12-13H2. The topological polar surface area (TPSA) is 60.8 Å². The predicted octanol–water partition coefficient (Wildman–Crippen LogP) is 3.19. The summed E-state index contributed by atoms with van der Waals surface area (Å²) in [5.41, 5.74) is 1.43. The molecule has 3 rings (SSSR count). The van der Waals surface area contributed by atoms with Crippen LogP contribution in [0.2, 0.25) is 0 Å². The molecule has 1 aliphatic heterocycles. The largest absolute Gasteiger partial charge is 0.508 e. The SMILES string of the molecule is O=C(Cc1cccc(O)c1)N1CCCC1CC(O)c1ccc(F)cc1. The highest BCUT2D eigenvalue weighted by molar-refractivity contribution is 5.79. The number of hydrogen-bond acceptors (Lipinski definition) is 3. The van der Waals surface area contributed by atoms with E-state index in [1.165, 1.54) is 12.1 Å². The van der Waals surface area contributed by atoms with Crippen molar-refractivity contribution in [2.75, 3.05) is 6.54 Å². The van der Waals surface area contributed by atoms with Crippen molar-refractivity contribution in [1.82, 2.24) is 4.90 Å². The second-order valence-electron chi connectivity index (χ2n) is 6.53. The van der Waals surface area contributed by atoms with Crippen LogP contribution in [-0.4, -0.2) is 33.6 Å². The van der Waals surface area contributed by atoms with E-state index in [-0.39, 0.29) is 29.9 Å². The van der Waals surface area contributed by atoms with Gasteiger partial charge in [0.05, 0.1) is 12.5 Å². The normalized spacial score (nSPS) is 18.3. The third kappa shape index (κ3) is 4.37. The van der Waals surface area contributed by atoms with E-state index in [1.807, 2.05) is 11.0 Å². The summed E-state index contributed by atoms with van der Waals surface area (Å²) in [5, 5.41) is 19.9. The van der Waals surface area contributed by atoms with Gasteiger partial charge in [-0.25, -0.2) is 4.39 Å². The highest BCUT2D eigenvalue weighted by Gasteiger charge is 2.30. The molecule has 25 heavy (non-hydrogen) atoms. The minimum absolute atomic E-state index is 0.000550. The number of aromatic hydroxyl groups is 1. The van der Waals surface area contributed by atoms with Crippen molar-refractivity contribution < 1.29 is 19.4 Å². The minimum atomic E-state index is -0.722. The second-order valence-corrected chi connectivity index (χ2v) is 6.53. The number of rotatable bonds is 5. The number of aliphatic hydroxyl groups excluding tert-OH is 1. The molecule has 1 amide bonds. The summed E-state index contributed by atoms with van der Waals surface area (Å²) < 4.78 is 13.0. The number of benzene rings is 2. The van der Waals surface area contributed by atoms with Crippen molar-refractivity contribution >= 4 is 5.91 Å². The number of phenols is 1. The van der Waals surface area contributed by atoms with Gasteiger partial charge < -0.3 is 15.1 Å². The first-order chi connectivity index (χ1) is 12.0. The molecule has 2 aromatic rings. The first-order valence-corrected chi connectivity index (χ1v) is 8.54. The van der Waals surface area contributed by atoms with Gasteiger partial charge in [0.25, 0.3) is 0 Å². The van der Waals surface area contributed by atoms with Crippen LogP contribution in [0.5, 0.6) is 5.75 Å². The number of carbonyl (C=O) groups is 1. The highest BCUT2D eigenvalue weighted by atomic mass is 19.1. The highest BCUT2D eigenvalue weighted by Crippen LogP contribution is 2.28. The fourth-order valence-electron chi connectivity index (χ4n) is 3.43. The molecule has 0 radical (unpaired) electrons. The Morgan fingerprint density at radius 1 is 1.24 bits per heavy atom. The lowest BCUT2D eigenvalue weighted by Crippen LogP contribution is -2.37. The number of halogens is 1. The molecule has 5 heteroatoms. The Labute approximate surface area is 146 Å². The molecule has 0 spiro atoms. The van der Waals surface area contributed by atoms with Crippen LogP contribution in [0.3, 0.4) is 0 Å². The van der Waals surface area contributed by atoms with Crippen LogP contribution in [0.25, 0.3) is 0 Å². The molecule has 1 heterocycles. The summed E-state index contributed by atoms with van der Waals surface area (Å²) in [6, 6.07) is 12.5. The maximum atomic E-state index is 13.0. The molecule has 2 aromatic carbocycles. The van der Waals surface area contributed by atoms with E-state index in [4.69, 9.17) is 0 Å². The molecule has 0 aromatic heterocycles. The van der Waals surface area contributed by atoms with Gasteiger partial charge >= 0.3 is 0 Å². The Hall–Kier alpha value is -2.40. The molecule has 2 unspecified atom stereocenters. The number of hydrogen-bond donors (Lipinski definition) is 2. The smallest absolute Gasteiger partial charge is 0.227 e. The Morgan fingerprint density at radius 3 is 2.72 bits per heavy atom. The van der Waals surface area contributed by atoms with E-state index in [0.717, 1.165) is 18.4 Å². The molecule has 0 saturated carbocycles. The fraction of sp³-hybridized carbons (Fsp3) is 0.350. The van der Waals surface area contributed by atoms with Gasteiger partial charge in [0, 0.05) is 12.6 Å². The van der Waals surface area contributed by atoms with Gasteiger partial charge in [0.1, 0.15) is 11.6 Å². The zero-order valence-corrected chi connectivity index (χ0v) is 13.9. The molecule has 1 saturated heterocycles. The summed E-state index contributed by atoms with van der Waals surface area (Å²) in [7, 11) is 0. The van der Waals surface area contributed by atoms with Crippen LogP contribution in [0, 0.1) is 5.82 Å². The molecule has 0 aliphatic carbocycles. The summed E-state index contributed by atoms with van der Waals surface area (Å²) in [4.78, 5) is 14.4. The molecular weight excluding hydrogens is 321 g/mol. The lowest BCUT2D eigenvalue weighted by Gasteiger charge is -2.27. The molecule has 1 aliphatic rings. The molecule has 2 N–H and O–H groups in total. The van der Waals surface area contributed by atoms with Gasteiger partial charge in [0.15, 0.2) is 0 Å². The van der Waals surface area contributed by atoms with E-state index >= 15 is 0 Å².